The van der Waals surface area contributed by atoms with E-state index in [0.717, 1.165) is 22.7 Å². The van der Waals surface area contributed by atoms with Gasteiger partial charge in [0.15, 0.2) is 0 Å². The van der Waals surface area contributed by atoms with E-state index in [1.807, 2.05) is 16.7 Å². The monoisotopic (exact) mass is 485 g/mol. The van der Waals surface area contributed by atoms with Crippen LogP contribution in [0.3, 0.4) is 0 Å². The second-order valence-corrected chi connectivity index (χ2v) is 10.7. The summed E-state index contributed by atoms with van der Waals surface area (Å²) >= 11 is 6.26. The van der Waals surface area contributed by atoms with E-state index in [4.69, 9.17) is 25.5 Å². The number of ether oxygens (including phenoxy) is 1. The Kier molecular flexibility index (Phi) is 5.39. The molecule has 0 amide bonds. The van der Waals surface area contributed by atoms with Gasteiger partial charge in [0.25, 0.3) is 10.1 Å². The SMILES string of the molecule is CS(=O)(=O)OC[C@@H]1C[C@H](n2c(C3CC(F)(F)C3)nc3cnc4ccc(Cl)cc4c32)CCO1. The first-order chi connectivity index (χ1) is 15.1. The smallest absolute Gasteiger partial charge is 0.264 e. The van der Waals surface area contributed by atoms with Gasteiger partial charge < -0.3 is 9.30 Å². The van der Waals surface area contributed by atoms with Crippen LogP contribution in [0.5, 0.6) is 0 Å². The highest BCUT2D eigenvalue weighted by Crippen LogP contribution is 2.50. The lowest BCUT2D eigenvalue weighted by Gasteiger charge is -2.37. The van der Waals surface area contributed by atoms with Crippen molar-refractivity contribution in [2.24, 2.45) is 0 Å². The molecule has 1 saturated heterocycles. The van der Waals surface area contributed by atoms with Crippen LogP contribution in [-0.4, -0.2) is 54.4 Å². The van der Waals surface area contributed by atoms with Crippen LogP contribution < -0.4 is 0 Å². The van der Waals surface area contributed by atoms with Crippen molar-refractivity contribution in [1.29, 1.82) is 0 Å². The maximum atomic E-state index is 13.7. The quantitative estimate of drug-likeness (QED) is 0.496. The fourth-order valence-electron chi connectivity index (χ4n) is 4.68. The van der Waals surface area contributed by atoms with Gasteiger partial charge in [0.2, 0.25) is 5.92 Å². The number of halogens is 3. The van der Waals surface area contributed by atoms with Gasteiger partial charge in [-0.1, -0.05) is 11.6 Å². The number of pyridine rings is 1. The minimum Gasteiger partial charge on any atom is -0.376 e. The Morgan fingerprint density at radius 1 is 1.31 bits per heavy atom. The molecule has 0 spiro atoms. The van der Waals surface area contributed by atoms with E-state index < -0.39 is 22.1 Å². The predicted octanol–water partition coefficient (Wildman–Crippen LogP) is 4.45. The van der Waals surface area contributed by atoms with E-state index in [-0.39, 0.29) is 31.4 Å². The van der Waals surface area contributed by atoms with E-state index >= 15 is 0 Å². The van der Waals surface area contributed by atoms with E-state index in [2.05, 4.69) is 4.98 Å². The number of hydrogen-bond donors (Lipinski definition) is 0. The van der Waals surface area contributed by atoms with Crippen molar-refractivity contribution < 1.29 is 26.1 Å². The lowest BCUT2D eigenvalue weighted by atomic mass is 9.80. The third-order valence-corrected chi connectivity index (χ3v) is 6.93. The third kappa shape index (κ3) is 4.21. The van der Waals surface area contributed by atoms with E-state index in [1.165, 1.54) is 0 Å². The minimum atomic E-state index is -3.60. The molecule has 7 nitrogen and oxygen atoms in total. The number of rotatable bonds is 5. The lowest BCUT2D eigenvalue weighted by molar-refractivity contribution is -0.0900. The molecule has 3 aromatic rings. The Balaban J connectivity index is 1.60. The van der Waals surface area contributed by atoms with Crippen molar-refractivity contribution in [2.45, 2.75) is 49.7 Å². The first kappa shape index (κ1) is 21.9. The van der Waals surface area contributed by atoms with Crippen molar-refractivity contribution in [1.82, 2.24) is 14.5 Å². The summed E-state index contributed by atoms with van der Waals surface area (Å²) in [5, 5.41) is 1.35. The summed E-state index contributed by atoms with van der Waals surface area (Å²) in [6, 6.07) is 5.27. The zero-order valence-electron chi connectivity index (χ0n) is 17.3. The Morgan fingerprint density at radius 2 is 2.09 bits per heavy atom. The molecular weight excluding hydrogens is 464 g/mol. The van der Waals surface area contributed by atoms with Crippen molar-refractivity contribution in [3.63, 3.8) is 0 Å². The Morgan fingerprint density at radius 3 is 2.81 bits per heavy atom. The Hall–Kier alpha value is -1.88. The lowest BCUT2D eigenvalue weighted by Crippen LogP contribution is -2.37. The van der Waals surface area contributed by atoms with Gasteiger partial charge in [-0.2, -0.15) is 8.42 Å². The number of imidazole rings is 1. The minimum absolute atomic E-state index is 0.0903. The highest BCUT2D eigenvalue weighted by molar-refractivity contribution is 7.85. The molecule has 2 atom stereocenters. The number of aromatic nitrogens is 3. The van der Waals surface area contributed by atoms with Crippen LogP contribution in [0.15, 0.2) is 24.4 Å². The molecule has 0 radical (unpaired) electrons. The Bertz CT molecular complexity index is 1290. The molecule has 3 heterocycles. The van der Waals surface area contributed by atoms with E-state index in [1.54, 1.807) is 12.3 Å². The van der Waals surface area contributed by atoms with Crippen LogP contribution in [0, 0.1) is 0 Å². The van der Waals surface area contributed by atoms with Crippen molar-refractivity contribution in [2.75, 3.05) is 19.5 Å². The zero-order chi connectivity index (χ0) is 22.7. The molecule has 5 rings (SSSR count). The fraction of sp³-hybridized carbons (Fsp3) is 0.524. The molecule has 1 aliphatic carbocycles. The van der Waals surface area contributed by atoms with Gasteiger partial charge in [0.05, 0.1) is 36.2 Å². The maximum absolute atomic E-state index is 13.7. The second kappa shape index (κ2) is 7.86. The molecule has 2 aromatic heterocycles. The third-order valence-electron chi connectivity index (χ3n) is 6.13. The molecule has 11 heteroatoms. The summed E-state index contributed by atoms with van der Waals surface area (Å²) in [5.41, 5.74) is 2.16. The molecule has 0 unspecified atom stereocenters. The maximum Gasteiger partial charge on any atom is 0.264 e. The van der Waals surface area contributed by atoms with Gasteiger partial charge in [0, 0.05) is 41.8 Å². The van der Waals surface area contributed by atoms with E-state index in [0.29, 0.717) is 35.8 Å². The summed E-state index contributed by atoms with van der Waals surface area (Å²) in [5.74, 6) is -2.44. The summed E-state index contributed by atoms with van der Waals surface area (Å²) in [7, 11) is -3.60. The van der Waals surface area contributed by atoms with Crippen LogP contribution in [0.1, 0.15) is 43.5 Å². The summed E-state index contributed by atoms with van der Waals surface area (Å²) in [6.45, 7) is 0.305. The molecule has 0 N–H and O–H groups in total. The largest absolute Gasteiger partial charge is 0.376 e. The van der Waals surface area contributed by atoms with Gasteiger partial charge in [-0.15, -0.1) is 0 Å². The van der Waals surface area contributed by atoms with Crippen LogP contribution >= 0.6 is 11.6 Å². The van der Waals surface area contributed by atoms with Gasteiger partial charge in [0.1, 0.15) is 11.3 Å². The van der Waals surface area contributed by atoms with Gasteiger partial charge in [-0.3, -0.25) is 9.17 Å². The van der Waals surface area contributed by atoms with Crippen LogP contribution in [0.2, 0.25) is 5.02 Å². The molecule has 1 saturated carbocycles. The summed E-state index contributed by atoms with van der Waals surface area (Å²) in [6.07, 6.45) is 2.84. The number of hydrogen-bond acceptors (Lipinski definition) is 6. The highest BCUT2D eigenvalue weighted by Gasteiger charge is 2.48. The normalized spacial score (nSPS) is 24.1. The first-order valence-corrected chi connectivity index (χ1v) is 12.6. The molecule has 0 bridgehead atoms. The second-order valence-electron chi connectivity index (χ2n) is 8.61. The number of benzene rings is 1. The number of nitrogens with zero attached hydrogens (tertiary/aromatic N) is 3. The molecule has 2 fully saturated rings. The molecule has 32 heavy (non-hydrogen) atoms. The molecule has 1 aliphatic heterocycles. The van der Waals surface area contributed by atoms with E-state index in [9.17, 15) is 17.2 Å². The van der Waals surface area contributed by atoms with Gasteiger partial charge in [-0.05, 0) is 31.0 Å². The molecule has 1 aromatic carbocycles. The van der Waals surface area contributed by atoms with Crippen LogP contribution in [-0.2, 0) is 19.0 Å². The Labute approximate surface area is 188 Å². The highest BCUT2D eigenvalue weighted by atomic mass is 35.5. The number of alkyl halides is 2. The van der Waals surface area contributed by atoms with Crippen molar-refractivity contribution in [3.05, 3.63) is 35.2 Å². The van der Waals surface area contributed by atoms with Gasteiger partial charge in [-0.25, -0.2) is 13.8 Å². The summed E-state index contributed by atoms with van der Waals surface area (Å²) < 4.78 is 62.9. The molecule has 172 valence electrons. The summed E-state index contributed by atoms with van der Waals surface area (Å²) in [4.78, 5) is 9.18. The fourth-order valence-corrected chi connectivity index (χ4v) is 5.25. The van der Waals surface area contributed by atoms with Gasteiger partial charge >= 0.3 is 0 Å². The number of fused-ring (bicyclic) bond motifs is 3. The standard InChI is InChI=1S/C21H22ClF2N3O4S/c1-32(28,29)31-11-15-7-14(4-5-30-15)27-19-16-6-13(22)2-3-17(16)25-10-18(19)26-20(27)12-8-21(23,24)9-12/h2-3,6,10,12,14-15H,4-5,7-9,11H2,1H3/t14-,15+/m1/s1. The van der Waals surface area contributed by atoms with Crippen molar-refractivity contribution in [3.8, 4) is 0 Å². The zero-order valence-corrected chi connectivity index (χ0v) is 18.9. The topological polar surface area (TPSA) is 83.3 Å². The predicted molar refractivity (Wildman–Crippen MR) is 116 cm³/mol. The first-order valence-electron chi connectivity index (χ1n) is 10.4. The molecule has 2 aliphatic rings. The average Bonchev–Trinajstić information content (AvgIpc) is 3.10. The molecular formula is C21H22ClF2N3O4S. The van der Waals surface area contributed by atoms with Crippen LogP contribution in [0.25, 0.3) is 21.9 Å². The van der Waals surface area contributed by atoms with Crippen LogP contribution in [0.4, 0.5) is 8.78 Å². The average molecular weight is 486 g/mol. The van der Waals surface area contributed by atoms with Crippen molar-refractivity contribution >= 4 is 43.7 Å².